The van der Waals surface area contributed by atoms with Crippen molar-refractivity contribution < 1.29 is 9.90 Å². The molecule has 0 amide bonds. The molecular formula is C22H42O2. The zero-order chi connectivity index (χ0) is 17.9. The van der Waals surface area contributed by atoms with Gasteiger partial charge >= 0.3 is 5.97 Å². The first kappa shape index (κ1) is 23.2. The lowest BCUT2D eigenvalue weighted by Crippen LogP contribution is -1.99. The third kappa shape index (κ3) is 16.1. The first-order valence-electron chi connectivity index (χ1n) is 10.6. The molecular weight excluding hydrogens is 296 g/mol. The van der Waals surface area contributed by atoms with Gasteiger partial charge in [-0.2, -0.15) is 0 Å². The number of carboxylic acid groups (broad SMARTS) is 1. The Labute approximate surface area is 151 Å². The Kier molecular flexibility index (Phi) is 17.9. The minimum absolute atomic E-state index is 0.570. The largest absolute Gasteiger partial charge is 0.478 e. The molecule has 0 aromatic carbocycles. The summed E-state index contributed by atoms with van der Waals surface area (Å²) in [6, 6.07) is 0. The van der Waals surface area contributed by atoms with E-state index in [0.29, 0.717) is 5.57 Å². The van der Waals surface area contributed by atoms with Gasteiger partial charge < -0.3 is 5.11 Å². The van der Waals surface area contributed by atoms with E-state index in [9.17, 15) is 4.79 Å². The van der Waals surface area contributed by atoms with Crippen molar-refractivity contribution in [1.82, 2.24) is 0 Å². The summed E-state index contributed by atoms with van der Waals surface area (Å²) >= 11 is 0. The lowest BCUT2D eigenvalue weighted by Gasteiger charge is -2.04. The molecule has 0 aromatic rings. The van der Waals surface area contributed by atoms with Gasteiger partial charge in [0.1, 0.15) is 0 Å². The van der Waals surface area contributed by atoms with Gasteiger partial charge in [-0.1, -0.05) is 109 Å². The number of carboxylic acids is 1. The Morgan fingerprint density at radius 1 is 0.667 bits per heavy atom. The van der Waals surface area contributed by atoms with E-state index in [2.05, 4.69) is 6.92 Å². The van der Waals surface area contributed by atoms with Gasteiger partial charge in [-0.25, -0.2) is 4.79 Å². The summed E-state index contributed by atoms with van der Waals surface area (Å²) in [4.78, 5) is 10.9. The first-order valence-corrected chi connectivity index (χ1v) is 10.6. The Bertz CT molecular complexity index is 307. The Balaban J connectivity index is 3.14. The number of carbonyl (C=O) groups is 1. The van der Waals surface area contributed by atoms with Crippen LogP contribution in [0.25, 0.3) is 0 Å². The third-order valence-electron chi connectivity index (χ3n) is 4.92. The average Bonchev–Trinajstić information content (AvgIpc) is 2.57. The zero-order valence-corrected chi connectivity index (χ0v) is 16.5. The van der Waals surface area contributed by atoms with E-state index >= 15 is 0 Å². The standard InChI is InChI=1S/C22H42O2/c1-3-5-6-7-8-9-10-11-12-13-14-15-16-17-18-19-20-21(4-2)22(23)24/h4H,3,5-20H2,1-2H3,(H,23,24)/b21-4-. The predicted molar refractivity (Wildman–Crippen MR) is 106 cm³/mol. The van der Waals surface area contributed by atoms with Crippen LogP contribution in [0.5, 0.6) is 0 Å². The van der Waals surface area contributed by atoms with Crippen LogP contribution in [0.4, 0.5) is 0 Å². The molecule has 0 aromatic heterocycles. The van der Waals surface area contributed by atoms with E-state index in [0.717, 1.165) is 12.8 Å². The van der Waals surface area contributed by atoms with Crippen molar-refractivity contribution >= 4 is 5.97 Å². The van der Waals surface area contributed by atoms with Gasteiger partial charge in [0, 0.05) is 5.57 Å². The fourth-order valence-corrected chi connectivity index (χ4v) is 3.24. The molecule has 142 valence electrons. The highest BCUT2D eigenvalue weighted by atomic mass is 16.4. The van der Waals surface area contributed by atoms with Gasteiger partial charge in [0.25, 0.3) is 0 Å². The van der Waals surface area contributed by atoms with Crippen LogP contribution in [0, 0.1) is 0 Å². The SMILES string of the molecule is C/C=C(/CCCCCCCCCCCCCCCCCC)C(=O)O. The molecule has 0 radical (unpaired) electrons. The van der Waals surface area contributed by atoms with Crippen LogP contribution in [0.2, 0.25) is 0 Å². The first-order chi connectivity index (χ1) is 11.7. The molecule has 0 heterocycles. The number of aliphatic carboxylic acids is 1. The maximum Gasteiger partial charge on any atom is 0.331 e. The van der Waals surface area contributed by atoms with E-state index in [1.165, 1.54) is 96.3 Å². The number of hydrogen-bond acceptors (Lipinski definition) is 1. The average molecular weight is 339 g/mol. The summed E-state index contributed by atoms with van der Waals surface area (Å²) in [5.74, 6) is -0.751. The Morgan fingerprint density at radius 2 is 1.00 bits per heavy atom. The summed E-state index contributed by atoms with van der Waals surface area (Å²) < 4.78 is 0. The van der Waals surface area contributed by atoms with Crippen molar-refractivity contribution in [2.75, 3.05) is 0 Å². The van der Waals surface area contributed by atoms with Crippen LogP contribution in [0.1, 0.15) is 123 Å². The van der Waals surface area contributed by atoms with Crippen molar-refractivity contribution in [3.63, 3.8) is 0 Å². The lowest BCUT2D eigenvalue weighted by atomic mass is 10.0. The summed E-state index contributed by atoms with van der Waals surface area (Å²) in [5, 5.41) is 8.93. The third-order valence-corrected chi connectivity index (χ3v) is 4.92. The van der Waals surface area contributed by atoms with Gasteiger partial charge in [0.05, 0.1) is 0 Å². The molecule has 2 heteroatoms. The molecule has 0 saturated heterocycles. The minimum Gasteiger partial charge on any atom is -0.478 e. The van der Waals surface area contributed by atoms with E-state index in [1.54, 1.807) is 6.08 Å². The van der Waals surface area contributed by atoms with Crippen molar-refractivity contribution in [3.8, 4) is 0 Å². The second-order valence-electron chi connectivity index (χ2n) is 7.17. The van der Waals surface area contributed by atoms with Crippen LogP contribution in [0.15, 0.2) is 11.6 Å². The monoisotopic (exact) mass is 338 g/mol. The van der Waals surface area contributed by atoms with Crippen LogP contribution < -0.4 is 0 Å². The predicted octanol–water partition coefficient (Wildman–Crippen LogP) is 7.67. The van der Waals surface area contributed by atoms with Gasteiger partial charge in [0.15, 0.2) is 0 Å². The molecule has 0 aliphatic heterocycles. The van der Waals surface area contributed by atoms with E-state index in [-0.39, 0.29) is 0 Å². The fourth-order valence-electron chi connectivity index (χ4n) is 3.24. The molecule has 0 bridgehead atoms. The molecule has 2 nitrogen and oxygen atoms in total. The smallest absolute Gasteiger partial charge is 0.331 e. The highest BCUT2D eigenvalue weighted by Crippen LogP contribution is 2.15. The maximum atomic E-state index is 10.9. The fraction of sp³-hybridized carbons (Fsp3) is 0.864. The lowest BCUT2D eigenvalue weighted by molar-refractivity contribution is -0.132. The van der Waals surface area contributed by atoms with Crippen molar-refractivity contribution in [1.29, 1.82) is 0 Å². The van der Waals surface area contributed by atoms with Crippen LogP contribution >= 0.6 is 0 Å². The van der Waals surface area contributed by atoms with Gasteiger partial charge in [-0.05, 0) is 19.8 Å². The number of rotatable bonds is 18. The zero-order valence-electron chi connectivity index (χ0n) is 16.5. The highest BCUT2D eigenvalue weighted by molar-refractivity contribution is 5.86. The summed E-state index contributed by atoms with van der Waals surface area (Å²) in [6.07, 6.45) is 24.1. The molecule has 24 heavy (non-hydrogen) atoms. The Morgan fingerprint density at radius 3 is 1.29 bits per heavy atom. The Hall–Kier alpha value is -0.790. The molecule has 0 saturated carbocycles. The molecule has 0 unspecified atom stereocenters. The highest BCUT2D eigenvalue weighted by Gasteiger charge is 2.04. The molecule has 0 atom stereocenters. The van der Waals surface area contributed by atoms with Gasteiger partial charge in [-0.15, -0.1) is 0 Å². The molecule has 0 aliphatic carbocycles. The molecule has 1 N–H and O–H groups in total. The van der Waals surface area contributed by atoms with Crippen LogP contribution in [-0.4, -0.2) is 11.1 Å². The van der Waals surface area contributed by atoms with E-state index < -0.39 is 5.97 Å². The topological polar surface area (TPSA) is 37.3 Å². The van der Waals surface area contributed by atoms with Gasteiger partial charge in [-0.3, -0.25) is 0 Å². The molecule has 0 spiro atoms. The van der Waals surface area contributed by atoms with Crippen molar-refractivity contribution in [2.45, 2.75) is 123 Å². The second kappa shape index (κ2) is 18.5. The van der Waals surface area contributed by atoms with Crippen LogP contribution in [-0.2, 0) is 4.79 Å². The molecule has 0 fully saturated rings. The molecule has 0 rings (SSSR count). The quantitative estimate of drug-likeness (QED) is 0.206. The number of unbranched alkanes of at least 4 members (excludes halogenated alkanes) is 15. The number of allylic oxidation sites excluding steroid dienone is 1. The number of hydrogen-bond donors (Lipinski definition) is 1. The van der Waals surface area contributed by atoms with E-state index in [4.69, 9.17) is 5.11 Å². The van der Waals surface area contributed by atoms with Crippen LogP contribution in [0.3, 0.4) is 0 Å². The minimum atomic E-state index is -0.751. The van der Waals surface area contributed by atoms with Crippen molar-refractivity contribution in [3.05, 3.63) is 11.6 Å². The normalized spacial score (nSPS) is 11.8. The molecule has 0 aliphatic rings. The van der Waals surface area contributed by atoms with E-state index in [1.807, 2.05) is 6.92 Å². The van der Waals surface area contributed by atoms with Gasteiger partial charge in [0.2, 0.25) is 0 Å². The summed E-state index contributed by atoms with van der Waals surface area (Å²) in [7, 11) is 0. The summed E-state index contributed by atoms with van der Waals surface area (Å²) in [6.45, 7) is 4.09. The van der Waals surface area contributed by atoms with Crippen molar-refractivity contribution in [2.24, 2.45) is 0 Å². The maximum absolute atomic E-state index is 10.9. The summed E-state index contributed by atoms with van der Waals surface area (Å²) in [5.41, 5.74) is 0.570. The second-order valence-corrected chi connectivity index (χ2v) is 7.17.